The summed E-state index contributed by atoms with van der Waals surface area (Å²) in [6, 6.07) is 13.3. The fraction of sp³-hybridized carbons (Fsp3) is 0.350. The van der Waals surface area contributed by atoms with Crippen LogP contribution in [-0.2, 0) is 14.8 Å². The zero-order valence-corrected chi connectivity index (χ0v) is 17.8. The molecular weight excluding hydrogens is 419 g/mol. The van der Waals surface area contributed by atoms with Crippen molar-refractivity contribution < 1.29 is 13.2 Å². The maximum atomic E-state index is 12.7. The third kappa shape index (κ3) is 4.87. The highest BCUT2D eigenvalue weighted by atomic mass is 35.5. The van der Waals surface area contributed by atoms with Crippen LogP contribution >= 0.6 is 23.2 Å². The van der Waals surface area contributed by atoms with E-state index in [-0.39, 0.29) is 22.8 Å². The van der Waals surface area contributed by atoms with Gasteiger partial charge in [0.25, 0.3) is 0 Å². The molecule has 1 unspecified atom stereocenters. The SMILES string of the molecule is CC(NC(=O)C1CCN(S(=O)(=O)c2ccc(Cl)cc2)CC1)c1ccc(Cl)cc1. The van der Waals surface area contributed by atoms with E-state index in [1.807, 2.05) is 19.1 Å². The molecule has 5 nitrogen and oxygen atoms in total. The number of nitrogens with one attached hydrogen (secondary N) is 1. The third-order valence-corrected chi connectivity index (χ3v) is 7.42. The van der Waals surface area contributed by atoms with Crippen molar-refractivity contribution in [3.63, 3.8) is 0 Å². The van der Waals surface area contributed by atoms with Crippen molar-refractivity contribution in [1.29, 1.82) is 0 Å². The van der Waals surface area contributed by atoms with Crippen LogP contribution in [0.1, 0.15) is 31.4 Å². The highest BCUT2D eigenvalue weighted by Gasteiger charge is 2.32. The van der Waals surface area contributed by atoms with Crippen LogP contribution in [0.2, 0.25) is 10.0 Å². The number of halogens is 2. The van der Waals surface area contributed by atoms with Crippen molar-refractivity contribution in [1.82, 2.24) is 9.62 Å². The van der Waals surface area contributed by atoms with Crippen molar-refractivity contribution in [2.75, 3.05) is 13.1 Å². The number of nitrogens with zero attached hydrogens (tertiary/aromatic N) is 1. The minimum Gasteiger partial charge on any atom is -0.349 e. The predicted molar refractivity (Wildman–Crippen MR) is 111 cm³/mol. The van der Waals surface area contributed by atoms with Crippen molar-refractivity contribution in [2.24, 2.45) is 5.92 Å². The molecule has 1 fully saturated rings. The molecule has 0 aromatic heterocycles. The summed E-state index contributed by atoms with van der Waals surface area (Å²) in [5.41, 5.74) is 0.973. The number of sulfonamides is 1. The number of hydrogen-bond donors (Lipinski definition) is 1. The lowest BCUT2D eigenvalue weighted by molar-refractivity contribution is -0.126. The van der Waals surface area contributed by atoms with Gasteiger partial charge >= 0.3 is 0 Å². The Morgan fingerprint density at radius 3 is 2.04 bits per heavy atom. The Bertz CT molecular complexity index is 923. The maximum absolute atomic E-state index is 12.7. The van der Waals surface area contributed by atoms with Crippen LogP contribution in [-0.4, -0.2) is 31.7 Å². The number of amides is 1. The average molecular weight is 441 g/mol. The number of benzene rings is 2. The van der Waals surface area contributed by atoms with Crippen LogP contribution < -0.4 is 5.32 Å². The molecule has 2 aromatic carbocycles. The second-order valence-electron chi connectivity index (χ2n) is 6.91. The van der Waals surface area contributed by atoms with E-state index in [0.29, 0.717) is 36.0 Å². The monoisotopic (exact) mass is 440 g/mol. The Balaban J connectivity index is 1.57. The first kappa shape index (κ1) is 21.1. The van der Waals surface area contributed by atoms with Crippen LogP contribution in [0.15, 0.2) is 53.4 Å². The van der Waals surface area contributed by atoms with Gasteiger partial charge in [0.05, 0.1) is 10.9 Å². The summed E-state index contributed by atoms with van der Waals surface area (Å²) in [4.78, 5) is 12.8. The summed E-state index contributed by atoms with van der Waals surface area (Å²) >= 11 is 11.7. The fourth-order valence-electron chi connectivity index (χ4n) is 3.28. The van der Waals surface area contributed by atoms with Gasteiger partial charge in [-0.15, -0.1) is 0 Å². The van der Waals surface area contributed by atoms with E-state index < -0.39 is 10.0 Å². The summed E-state index contributed by atoms with van der Waals surface area (Å²) in [7, 11) is -3.57. The molecule has 8 heteroatoms. The first-order chi connectivity index (χ1) is 13.3. The third-order valence-electron chi connectivity index (χ3n) is 5.00. The molecule has 150 valence electrons. The van der Waals surface area contributed by atoms with E-state index in [4.69, 9.17) is 23.2 Å². The topological polar surface area (TPSA) is 66.5 Å². The van der Waals surface area contributed by atoms with Crippen molar-refractivity contribution in [2.45, 2.75) is 30.7 Å². The Hall–Kier alpha value is -1.60. The zero-order chi connectivity index (χ0) is 20.3. The average Bonchev–Trinajstić information content (AvgIpc) is 2.69. The Kier molecular flexibility index (Phi) is 6.65. The number of piperidine rings is 1. The molecule has 0 spiro atoms. The molecular formula is C20H22Cl2N2O3S. The molecule has 0 radical (unpaired) electrons. The Labute approximate surface area is 175 Å². The van der Waals surface area contributed by atoms with Crippen LogP contribution in [0, 0.1) is 5.92 Å². The molecule has 0 aliphatic carbocycles. The number of rotatable bonds is 5. The highest BCUT2D eigenvalue weighted by molar-refractivity contribution is 7.89. The van der Waals surface area contributed by atoms with Gasteiger partial charge in [-0.3, -0.25) is 4.79 Å². The molecule has 1 atom stereocenters. The van der Waals surface area contributed by atoms with Gasteiger partial charge in [0.15, 0.2) is 0 Å². The zero-order valence-electron chi connectivity index (χ0n) is 15.4. The van der Waals surface area contributed by atoms with Gasteiger partial charge in [-0.1, -0.05) is 35.3 Å². The number of carbonyl (C=O) groups is 1. The van der Waals surface area contributed by atoms with Gasteiger partial charge in [0.1, 0.15) is 0 Å². The molecule has 1 heterocycles. The molecule has 2 aromatic rings. The van der Waals surface area contributed by atoms with Gasteiger partial charge < -0.3 is 5.32 Å². The van der Waals surface area contributed by atoms with E-state index in [1.165, 1.54) is 16.4 Å². The van der Waals surface area contributed by atoms with Crippen LogP contribution in [0.5, 0.6) is 0 Å². The fourth-order valence-corrected chi connectivity index (χ4v) is 5.00. The molecule has 1 N–H and O–H groups in total. The number of carbonyl (C=O) groups excluding carboxylic acids is 1. The van der Waals surface area contributed by atoms with E-state index in [2.05, 4.69) is 5.32 Å². The van der Waals surface area contributed by atoms with Crippen LogP contribution in [0.4, 0.5) is 0 Å². The molecule has 1 aliphatic rings. The molecule has 3 rings (SSSR count). The summed E-state index contributed by atoms with van der Waals surface area (Å²) in [5.74, 6) is -0.252. The summed E-state index contributed by atoms with van der Waals surface area (Å²) in [6.07, 6.45) is 0.984. The Morgan fingerprint density at radius 2 is 1.50 bits per heavy atom. The molecule has 1 aliphatic heterocycles. The van der Waals surface area contributed by atoms with Crippen molar-refractivity contribution in [3.8, 4) is 0 Å². The van der Waals surface area contributed by atoms with Gasteiger partial charge in [0.2, 0.25) is 15.9 Å². The van der Waals surface area contributed by atoms with E-state index in [1.54, 1.807) is 24.3 Å². The minimum atomic E-state index is -3.57. The lowest BCUT2D eigenvalue weighted by Gasteiger charge is -2.31. The molecule has 1 saturated heterocycles. The summed E-state index contributed by atoms with van der Waals surface area (Å²) < 4.78 is 26.9. The quantitative estimate of drug-likeness (QED) is 0.754. The molecule has 1 amide bonds. The Morgan fingerprint density at radius 1 is 1.00 bits per heavy atom. The largest absolute Gasteiger partial charge is 0.349 e. The standard InChI is InChI=1S/C20H22Cl2N2O3S/c1-14(15-2-4-17(21)5-3-15)23-20(25)16-10-12-24(13-11-16)28(26,27)19-8-6-18(22)7-9-19/h2-9,14,16H,10-13H2,1H3,(H,23,25). The second-order valence-corrected chi connectivity index (χ2v) is 9.72. The number of hydrogen-bond acceptors (Lipinski definition) is 3. The van der Waals surface area contributed by atoms with Gasteiger partial charge in [-0.2, -0.15) is 4.31 Å². The lowest BCUT2D eigenvalue weighted by atomic mass is 9.96. The van der Waals surface area contributed by atoms with E-state index in [9.17, 15) is 13.2 Å². The second kappa shape index (κ2) is 8.82. The van der Waals surface area contributed by atoms with Crippen LogP contribution in [0.3, 0.4) is 0 Å². The summed E-state index contributed by atoms with van der Waals surface area (Å²) in [5, 5.41) is 4.15. The molecule has 0 bridgehead atoms. The first-order valence-corrected chi connectivity index (χ1v) is 11.3. The molecule has 28 heavy (non-hydrogen) atoms. The van der Waals surface area contributed by atoms with E-state index >= 15 is 0 Å². The minimum absolute atomic E-state index is 0.0500. The first-order valence-electron chi connectivity index (χ1n) is 9.09. The van der Waals surface area contributed by atoms with Gasteiger partial charge in [0, 0.05) is 29.1 Å². The van der Waals surface area contributed by atoms with E-state index in [0.717, 1.165) is 5.56 Å². The smallest absolute Gasteiger partial charge is 0.243 e. The van der Waals surface area contributed by atoms with Crippen molar-refractivity contribution >= 4 is 39.1 Å². The lowest BCUT2D eigenvalue weighted by Crippen LogP contribution is -2.43. The van der Waals surface area contributed by atoms with Gasteiger partial charge in [-0.05, 0) is 61.7 Å². The summed E-state index contributed by atoms with van der Waals surface area (Å²) in [6.45, 7) is 2.55. The van der Waals surface area contributed by atoms with Crippen molar-refractivity contribution in [3.05, 3.63) is 64.1 Å². The predicted octanol–water partition coefficient (Wildman–Crippen LogP) is 4.27. The molecule has 0 saturated carbocycles. The van der Waals surface area contributed by atoms with Crippen LogP contribution in [0.25, 0.3) is 0 Å². The highest BCUT2D eigenvalue weighted by Crippen LogP contribution is 2.25. The van der Waals surface area contributed by atoms with Gasteiger partial charge in [-0.25, -0.2) is 8.42 Å². The maximum Gasteiger partial charge on any atom is 0.243 e. The normalized spacial score (nSPS) is 17.2.